The van der Waals surface area contributed by atoms with Gasteiger partial charge in [-0.3, -0.25) is 9.59 Å². The highest BCUT2D eigenvalue weighted by atomic mass is 35.5. The van der Waals surface area contributed by atoms with Gasteiger partial charge in [-0.1, -0.05) is 90.6 Å². The van der Waals surface area contributed by atoms with Gasteiger partial charge in [0.15, 0.2) is 0 Å². The fraction of sp³-hybridized carbons (Fsp3) is 0.355. The van der Waals surface area contributed by atoms with E-state index in [1.165, 1.54) is 0 Å². The highest BCUT2D eigenvalue weighted by Gasteiger charge is 2.49. The summed E-state index contributed by atoms with van der Waals surface area (Å²) in [6.07, 6.45) is 3.93. The van der Waals surface area contributed by atoms with Crippen LogP contribution in [0.5, 0.6) is 0 Å². The lowest BCUT2D eigenvalue weighted by Crippen LogP contribution is -2.59. The Morgan fingerprint density at radius 3 is 2.34 bits per heavy atom. The van der Waals surface area contributed by atoms with Crippen LogP contribution in [0.3, 0.4) is 0 Å². The van der Waals surface area contributed by atoms with Crippen LogP contribution in [0.25, 0.3) is 0 Å². The molecule has 1 aliphatic carbocycles. The maximum Gasteiger partial charge on any atom is 0.255 e. The molecule has 3 aromatic rings. The average Bonchev–Trinajstić information content (AvgIpc) is 2.93. The molecule has 1 heterocycles. The van der Waals surface area contributed by atoms with Gasteiger partial charge in [0.05, 0.1) is 24.3 Å². The average molecular weight is 615 g/mol. The zero-order valence-electron chi connectivity index (χ0n) is 22.9. The third kappa shape index (κ3) is 6.31. The first kappa shape index (κ1) is 29.6. The van der Waals surface area contributed by atoms with Crippen molar-refractivity contribution >= 4 is 45.0 Å². The predicted octanol–water partition coefficient (Wildman–Crippen LogP) is 6.01. The van der Waals surface area contributed by atoms with Gasteiger partial charge >= 0.3 is 0 Å². The Labute approximate surface area is 251 Å². The maximum absolute atomic E-state index is 14.3. The van der Waals surface area contributed by atoms with Crippen molar-refractivity contribution in [3.63, 3.8) is 0 Å². The molecule has 41 heavy (non-hydrogen) atoms. The zero-order valence-corrected chi connectivity index (χ0v) is 25.2. The Bertz CT molecular complexity index is 1550. The molecule has 0 saturated heterocycles. The van der Waals surface area contributed by atoms with E-state index in [4.69, 9.17) is 23.2 Å². The van der Waals surface area contributed by atoms with E-state index in [-0.39, 0.29) is 17.9 Å². The summed E-state index contributed by atoms with van der Waals surface area (Å²) in [5.74, 6) is -1.33. The van der Waals surface area contributed by atoms with Crippen LogP contribution in [0.15, 0.2) is 72.8 Å². The predicted molar refractivity (Wildman–Crippen MR) is 162 cm³/mol. The van der Waals surface area contributed by atoms with Gasteiger partial charge in [0.25, 0.3) is 5.91 Å². The van der Waals surface area contributed by atoms with Gasteiger partial charge in [-0.15, -0.1) is 0 Å². The highest BCUT2D eigenvalue weighted by Crippen LogP contribution is 2.48. The van der Waals surface area contributed by atoms with E-state index < -0.39 is 34.1 Å². The van der Waals surface area contributed by atoms with E-state index in [9.17, 15) is 18.0 Å². The van der Waals surface area contributed by atoms with E-state index in [1.807, 2.05) is 49.4 Å². The van der Waals surface area contributed by atoms with Crippen LogP contribution in [-0.2, 0) is 14.8 Å². The summed E-state index contributed by atoms with van der Waals surface area (Å²) >= 11 is 13.1. The van der Waals surface area contributed by atoms with Crippen LogP contribution in [0.2, 0.25) is 10.0 Å². The van der Waals surface area contributed by atoms with E-state index in [2.05, 4.69) is 10.0 Å². The number of nitrogens with one attached hydrogen (secondary N) is 2. The molecule has 1 saturated carbocycles. The minimum atomic E-state index is -3.56. The number of sulfonamides is 1. The van der Waals surface area contributed by atoms with Crippen LogP contribution < -0.4 is 10.0 Å². The summed E-state index contributed by atoms with van der Waals surface area (Å²) in [5, 5.41) is 3.93. The monoisotopic (exact) mass is 613 g/mol. The molecule has 1 aliphatic heterocycles. The smallest absolute Gasteiger partial charge is 0.255 e. The molecule has 0 aromatic heterocycles. The molecule has 0 bridgehead atoms. The topological polar surface area (TPSA) is 95.6 Å². The molecule has 3 aromatic carbocycles. The number of hydrogen-bond acceptors (Lipinski definition) is 4. The molecule has 0 radical (unpaired) electrons. The first-order valence-electron chi connectivity index (χ1n) is 13.7. The number of hydrogen-bond donors (Lipinski definition) is 2. The molecular weight excluding hydrogens is 581 g/mol. The zero-order chi connectivity index (χ0) is 29.3. The van der Waals surface area contributed by atoms with Gasteiger partial charge in [-0.2, -0.15) is 0 Å². The number of rotatable bonds is 7. The molecule has 2 N–H and O–H groups in total. The molecular formula is C31H33Cl2N3O4S. The number of halogens is 2. The molecule has 0 unspecified atom stereocenters. The van der Waals surface area contributed by atoms with Crippen molar-refractivity contribution in [3.05, 3.63) is 105 Å². The van der Waals surface area contributed by atoms with Gasteiger partial charge in [-0.05, 0) is 54.7 Å². The largest absolute Gasteiger partial charge is 0.349 e. The molecule has 7 nitrogen and oxygen atoms in total. The summed E-state index contributed by atoms with van der Waals surface area (Å²) in [6, 6.07) is 19.8. The van der Waals surface area contributed by atoms with Crippen LogP contribution >= 0.6 is 23.2 Å². The molecule has 216 valence electrons. The van der Waals surface area contributed by atoms with Gasteiger partial charge in [-0.25, -0.2) is 13.1 Å². The quantitative estimate of drug-likeness (QED) is 0.341. The summed E-state index contributed by atoms with van der Waals surface area (Å²) in [7, 11) is -3.56. The lowest BCUT2D eigenvalue weighted by Gasteiger charge is -2.49. The minimum absolute atomic E-state index is 0.259. The minimum Gasteiger partial charge on any atom is -0.349 e. The second kappa shape index (κ2) is 12.1. The van der Waals surface area contributed by atoms with Gasteiger partial charge in [0.2, 0.25) is 15.9 Å². The normalized spacial score (nSPS) is 23.5. The Morgan fingerprint density at radius 2 is 1.63 bits per heavy atom. The number of nitrogens with zero attached hydrogens (tertiary/aromatic N) is 1. The SMILES string of the molecule is C[C@@H](NC(=O)[C@@H]1c2ccccc2C(=O)N([C@H]2CCCC[C@@H]2NS(C)(=O)=O)[C@H]1c1ccc(Cl)cc1Cl)c1ccccc1. The third-order valence-corrected chi connectivity index (χ3v) is 9.34. The van der Waals surface area contributed by atoms with Crippen molar-refractivity contribution in [2.75, 3.05) is 6.26 Å². The number of benzene rings is 3. The van der Waals surface area contributed by atoms with Crippen molar-refractivity contribution in [2.45, 2.75) is 62.7 Å². The number of carbonyl (C=O) groups excluding carboxylic acids is 2. The molecule has 1 fully saturated rings. The lowest BCUT2D eigenvalue weighted by atomic mass is 9.76. The third-order valence-electron chi connectivity index (χ3n) is 8.05. The number of fused-ring (bicyclic) bond motifs is 1. The second-order valence-electron chi connectivity index (χ2n) is 10.9. The van der Waals surface area contributed by atoms with Crippen LogP contribution in [0.4, 0.5) is 0 Å². The van der Waals surface area contributed by atoms with Crippen LogP contribution in [-0.4, -0.2) is 43.5 Å². The van der Waals surface area contributed by atoms with Crippen LogP contribution in [0.1, 0.15) is 77.7 Å². The fourth-order valence-electron chi connectivity index (χ4n) is 6.26. The summed E-state index contributed by atoms with van der Waals surface area (Å²) < 4.78 is 27.5. The number of amides is 2. The fourth-order valence-corrected chi connectivity index (χ4v) is 7.60. The van der Waals surface area contributed by atoms with Gasteiger partial charge < -0.3 is 10.2 Å². The Morgan fingerprint density at radius 1 is 0.951 bits per heavy atom. The van der Waals surface area contributed by atoms with E-state index in [1.54, 1.807) is 35.2 Å². The van der Waals surface area contributed by atoms with Crippen molar-refractivity contribution in [3.8, 4) is 0 Å². The summed E-state index contributed by atoms with van der Waals surface area (Å²) in [5.41, 5.74) is 2.55. The maximum atomic E-state index is 14.3. The van der Waals surface area contributed by atoms with Gasteiger partial charge in [0, 0.05) is 27.7 Å². The second-order valence-corrected chi connectivity index (χ2v) is 13.5. The molecule has 5 atom stereocenters. The van der Waals surface area contributed by atoms with E-state index >= 15 is 0 Å². The Hall–Kier alpha value is -2.91. The lowest BCUT2D eigenvalue weighted by molar-refractivity contribution is -0.125. The van der Waals surface area contributed by atoms with Crippen molar-refractivity contribution < 1.29 is 18.0 Å². The van der Waals surface area contributed by atoms with Crippen molar-refractivity contribution in [1.29, 1.82) is 0 Å². The number of carbonyl (C=O) groups is 2. The first-order chi connectivity index (χ1) is 19.5. The standard InChI is InChI=1S/C31H33Cl2N3O4S/c1-19(20-10-4-3-5-11-20)34-30(37)28-22-12-6-7-13-23(22)31(38)36(29(28)24-17-16-21(32)18-25(24)33)27-15-9-8-14-26(27)35-41(2,39)40/h3-7,10-13,16-19,26-29,35H,8-9,14-15H2,1-2H3,(H,34,37)/t19-,26+,27+,28-,29+/m1/s1. The Balaban J connectivity index is 1.67. The first-order valence-corrected chi connectivity index (χ1v) is 16.4. The van der Waals surface area contributed by atoms with Crippen LogP contribution in [0, 0.1) is 0 Å². The molecule has 2 aliphatic rings. The molecule has 5 rings (SSSR count). The van der Waals surface area contributed by atoms with Crippen molar-refractivity contribution in [1.82, 2.24) is 14.9 Å². The van der Waals surface area contributed by atoms with E-state index in [0.717, 1.165) is 24.7 Å². The molecule has 0 spiro atoms. The van der Waals surface area contributed by atoms with E-state index in [0.29, 0.717) is 39.6 Å². The van der Waals surface area contributed by atoms with Gasteiger partial charge in [0.1, 0.15) is 0 Å². The summed E-state index contributed by atoms with van der Waals surface area (Å²) in [6.45, 7) is 1.92. The Kier molecular flexibility index (Phi) is 8.76. The highest BCUT2D eigenvalue weighted by molar-refractivity contribution is 7.88. The summed E-state index contributed by atoms with van der Waals surface area (Å²) in [4.78, 5) is 30.4. The molecule has 10 heteroatoms. The van der Waals surface area contributed by atoms with Crippen molar-refractivity contribution in [2.24, 2.45) is 0 Å². The molecule has 2 amide bonds.